The van der Waals surface area contributed by atoms with Crippen LogP contribution in [0.25, 0.3) is 22.5 Å². The number of nitrogens with two attached hydrogens (primary N) is 1. The van der Waals surface area contributed by atoms with Gasteiger partial charge in [0.25, 0.3) is 0 Å². The first-order valence-corrected chi connectivity index (χ1v) is 11.8. The smallest absolute Gasteiger partial charge is 0.123 e. The van der Waals surface area contributed by atoms with Crippen molar-refractivity contribution in [3.8, 4) is 34.3 Å². The molecule has 0 saturated heterocycles. The van der Waals surface area contributed by atoms with Crippen molar-refractivity contribution in [1.82, 2.24) is 9.55 Å². The summed E-state index contributed by atoms with van der Waals surface area (Å²) in [5.74, 6) is 1.34. The van der Waals surface area contributed by atoms with Crippen molar-refractivity contribution in [2.75, 3.05) is 12.3 Å². The molecule has 2 heterocycles. The molecule has 180 valence electrons. The quantitative estimate of drug-likeness (QED) is 0.227. The van der Waals surface area contributed by atoms with Gasteiger partial charge in [-0.25, -0.2) is 4.98 Å². The molecule has 0 unspecified atom stereocenters. The molecule has 0 aliphatic rings. The van der Waals surface area contributed by atoms with Crippen LogP contribution in [0.2, 0.25) is 5.02 Å². The predicted molar refractivity (Wildman–Crippen MR) is 145 cm³/mol. The van der Waals surface area contributed by atoms with E-state index in [1.54, 1.807) is 6.07 Å². The van der Waals surface area contributed by atoms with Crippen molar-refractivity contribution in [1.29, 1.82) is 5.26 Å². The van der Waals surface area contributed by atoms with Gasteiger partial charge in [0.15, 0.2) is 0 Å². The molecule has 4 aromatic rings. The van der Waals surface area contributed by atoms with Gasteiger partial charge >= 0.3 is 0 Å². The molecule has 0 bridgehead atoms. The fourth-order valence-electron chi connectivity index (χ4n) is 3.94. The molecule has 0 saturated carbocycles. The topological polar surface area (TPSA) is 76.9 Å². The minimum Gasteiger partial charge on any atom is -0.494 e. The lowest BCUT2D eigenvalue weighted by Gasteiger charge is -2.15. The van der Waals surface area contributed by atoms with Gasteiger partial charge in [-0.15, -0.1) is 12.4 Å². The van der Waals surface area contributed by atoms with Crippen LogP contribution in [0.3, 0.4) is 0 Å². The molecule has 2 aromatic carbocycles. The number of unbranched alkanes of at least 4 members (excludes halogenated alkanes) is 3. The Morgan fingerprint density at radius 3 is 2.40 bits per heavy atom. The molecule has 2 aromatic heterocycles. The largest absolute Gasteiger partial charge is 0.494 e. The molecule has 35 heavy (non-hydrogen) atoms. The third-order valence-corrected chi connectivity index (χ3v) is 5.96. The first-order valence-electron chi connectivity index (χ1n) is 11.4. The van der Waals surface area contributed by atoms with E-state index in [4.69, 9.17) is 27.3 Å². The fraction of sp³-hybridized carbons (Fsp3) is 0.214. The number of ether oxygens (including phenoxy) is 1. The first-order chi connectivity index (χ1) is 16.7. The number of nitrogen functional groups attached to an aromatic ring is 1. The summed E-state index contributed by atoms with van der Waals surface area (Å²) in [7, 11) is 0. The highest BCUT2D eigenvalue weighted by molar-refractivity contribution is 6.33. The molecule has 4 rings (SSSR count). The Hall–Kier alpha value is -3.46. The standard InChI is InChI=1S/C28H27ClN4O.ClH/c29-25-10-4-3-9-24(25)27-17-16-26(33(27)20-22-8-7-11-28(31)32-22)21-12-14-23(15-13-21)34-19-6-2-1-5-18-30;/h3-4,7-17H,1-2,5-6,19-20H2,(H2,31,32);1H. The maximum Gasteiger partial charge on any atom is 0.123 e. The summed E-state index contributed by atoms with van der Waals surface area (Å²) in [6, 6.07) is 28.0. The van der Waals surface area contributed by atoms with Crippen LogP contribution in [0.15, 0.2) is 78.9 Å². The molecule has 0 radical (unpaired) electrons. The molecule has 0 fully saturated rings. The molecule has 0 amide bonds. The second-order valence-electron chi connectivity index (χ2n) is 8.07. The van der Waals surface area contributed by atoms with Gasteiger partial charge in [-0.3, -0.25) is 0 Å². The third kappa shape index (κ3) is 6.79. The predicted octanol–water partition coefficient (Wildman–Crippen LogP) is 7.39. The fourth-order valence-corrected chi connectivity index (χ4v) is 4.17. The summed E-state index contributed by atoms with van der Waals surface area (Å²) in [5, 5.41) is 9.32. The van der Waals surface area contributed by atoms with E-state index in [1.165, 1.54) is 0 Å². The van der Waals surface area contributed by atoms with Gasteiger partial charge in [0.05, 0.1) is 30.6 Å². The summed E-state index contributed by atoms with van der Waals surface area (Å²) < 4.78 is 8.09. The monoisotopic (exact) mass is 506 g/mol. The lowest BCUT2D eigenvalue weighted by molar-refractivity contribution is 0.305. The SMILES string of the molecule is Cl.N#CCCCCCOc1ccc(-c2ccc(-c3ccccc3Cl)n2Cc2cccc(N)n2)cc1. The highest BCUT2D eigenvalue weighted by Crippen LogP contribution is 2.34. The number of rotatable bonds is 10. The number of benzene rings is 2. The van der Waals surface area contributed by atoms with Crippen LogP contribution in [-0.4, -0.2) is 16.2 Å². The molecule has 2 N–H and O–H groups in total. The Morgan fingerprint density at radius 1 is 0.886 bits per heavy atom. The van der Waals surface area contributed by atoms with E-state index in [9.17, 15) is 0 Å². The average molecular weight is 507 g/mol. The number of aromatic nitrogens is 2. The zero-order valence-corrected chi connectivity index (χ0v) is 20.9. The van der Waals surface area contributed by atoms with E-state index in [0.29, 0.717) is 30.4 Å². The Bertz CT molecular complexity index is 1280. The van der Waals surface area contributed by atoms with Gasteiger partial charge < -0.3 is 15.0 Å². The molecule has 0 atom stereocenters. The van der Waals surface area contributed by atoms with E-state index in [-0.39, 0.29) is 12.4 Å². The number of halogens is 2. The van der Waals surface area contributed by atoms with Crippen LogP contribution < -0.4 is 10.5 Å². The zero-order valence-electron chi connectivity index (χ0n) is 19.4. The van der Waals surface area contributed by atoms with E-state index in [2.05, 4.69) is 39.9 Å². The molecule has 7 heteroatoms. The van der Waals surface area contributed by atoms with Crippen molar-refractivity contribution in [2.24, 2.45) is 0 Å². The Balaban J connectivity index is 0.00000342. The molecular formula is C28H28Cl2N4O. The lowest BCUT2D eigenvalue weighted by atomic mass is 10.1. The summed E-state index contributed by atoms with van der Waals surface area (Å²) in [4.78, 5) is 4.50. The Morgan fingerprint density at radius 2 is 1.66 bits per heavy atom. The number of nitrogens with zero attached hydrogens (tertiary/aromatic N) is 3. The molecular weight excluding hydrogens is 479 g/mol. The van der Waals surface area contributed by atoms with Crippen molar-refractivity contribution in [2.45, 2.75) is 32.2 Å². The molecule has 0 aliphatic carbocycles. The second-order valence-corrected chi connectivity index (χ2v) is 8.47. The van der Waals surface area contributed by atoms with Crippen molar-refractivity contribution in [3.63, 3.8) is 0 Å². The molecule has 5 nitrogen and oxygen atoms in total. The highest BCUT2D eigenvalue weighted by Gasteiger charge is 2.15. The maximum atomic E-state index is 8.62. The Labute approximate surface area is 217 Å². The van der Waals surface area contributed by atoms with Crippen molar-refractivity contribution < 1.29 is 4.74 Å². The van der Waals surface area contributed by atoms with Crippen LogP contribution in [0, 0.1) is 11.3 Å². The molecule has 0 spiro atoms. The summed E-state index contributed by atoms with van der Waals surface area (Å²) >= 11 is 6.54. The zero-order chi connectivity index (χ0) is 23.8. The van der Waals surface area contributed by atoms with Crippen molar-refractivity contribution >= 4 is 29.8 Å². The lowest BCUT2D eigenvalue weighted by Crippen LogP contribution is -2.06. The van der Waals surface area contributed by atoms with Crippen molar-refractivity contribution in [3.05, 3.63) is 89.6 Å². The maximum absolute atomic E-state index is 8.62. The van der Waals surface area contributed by atoms with E-state index in [0.717, 1.165) is 53.2 Å². The number of nitriles is 1. The number of anilines is 1. The van der Waals surface area contributed by atoms with E-state index < -0.39 is 0 Å². The van der Waals surface area contributed by atoms with Crippen LogP contribution >= 0.6 is 24.0 Å². The van der Waals surface area contributed by atoms with Gasteiger partial charge in [0, 0.05) is 22.7 Å². The van der Waals surface area contributed by atoms with Gasteiger partial charge in [0.1, 0.15) is 11.6 Å². The third-order valence-electron chi connectivity index (χ3n) is 5.63. The normalized spacial score (nSPS) is 10.4. The van der Waals surface area contributed by atoms with E-state index in [1.807, 2.05) is 48.5 Å². The van der Waals surface area contributed by atoms with Crippen LogP contribution in [-0.2, 0) is 6.54 Å². The van der Waals surface area contributed by atoms with Crippen LogP contribution in [0.5, 0.6) is 5.75 Å². The van der Waals surface area contributed by atoms with Crippen LogP contribution in [0.4, 0.5) is 5.82 Å². The van der Waals surface area contributed by atoms with Gasteiger partial charge in [-0.05, 0) is 79.4 Å². The summed E-state index contributed by atoms with van der Waals surface area (Å²) in [6.07, 6.45) is 3.48. The number of pyridine rings is 1. The van der Waals surface area contributed by atoms with Crippen LogP contribution in [0.1, 0.15) is 31.4 Å². The second kappa shape index (κ2) is 12.9. The number of hydrogen-bond donors (Lipinski definition) is 1. The van der Waals surface area contributed by atoms with Gasteiger partial charge in [-0.2, -0.15) is 5.26 Å². The Kier molecular flexibility index (Phi) is 9.60. The number of hydrogen-bond acceptors (Lipinski definition) is 4. The molecule has 0 aliphatic heterocycles. The minimum absolute atomic E-state index is 0. The first kappa shape index (κ1) is 26.2. The van der Waals surface area contributed by atoms with Gasteiger partial charge in [-0.1, -0.05) is 35.9 Å². The average Bonchev–Trinajstić information content (AvgIpc) is 3.25. The summed E-state index contributed by atoms with van der Waals surface area (Å²) in [5.41, 5.74) is 10.9. The minimum atomic E-state index is 0. The summed E-state index contributed by atoms with van der Waals surface area (Å²) in [6.45, 7) is 1.22. The highest BCUT2D eigenvalue weighted by atomic mass is 35.5. The van der Waals surface area contributed by atoms with E-state index >= 15 is 0 Å². The van der Waals surface area contributed by atoms with Gasteiger partial charge in [0.2, 0.25) is 0 Å².